The standard InChI is InChI=1S/C18H24F3N3O2/c19-18(20,21)15-3-1-2-4-16(15)22-17(25)12-24-8-6-23(7-9-24)11-14-5-10-26-13-14/h1-4,14H,5-13H2,(H,22,25)/t14-/m0/s1. The van der Waals surface area contributed by atoms with E-state index in [1.807, 2.05) is 4.90 Å². The minimum absolute atomic E-state index is 0.104. The van der Waals surface area contributed by atoms with E-state index in [1.165, 1.54) is 18.2 Å². The molecule has 1 N–H and O–H groups in total. The van der Waals surface area contributed by atoms with Gasteiger partial charge in [0.1, 0.15) is 0 Å². The van der Waals surface area contributed by atoms with Crippen molar-refractivity contribution in [3.63, 3.8) is 0 Å². The van der Waals surface area contributed by atoms with Crippen LogP contribution in [0.15, 0.2) is 24.3 Å². The first-order valence-electron chi connectivity index (χ1n) is 8.90. The number of hydrogen-bond acceptors (Lipinski definition) is 4. The minimum Gasteiger partial charge on any atom is -0.381 e. The third-order valence-electron chi connectivity index (χ3n) is 4.88. The van der Waals surface area contributed by atoms with Crippen LogP contribution in [-0.4, -0.2) is 68.2 Å². The SMILES string of the molecule is O=C(CN1CCN(C[C@@H]2CCOC2)CC1)Nc1ccccc1C(F)(F)F. The van der Waals surface area contributed by atoms with Crippen molar-refractivity contribution in [2.24, 2.45) is 5.92 Å². The Morgan fingerprint density at radius 2 is 1.85 bits per heavy atom. The van der Waals surface area contributed by atoms with Crippen LogP contribution in [0.3, 0.4) is 0 Å². The van der Waals surface area contributed by atoms with E-state index in [1.54, 1.807) is 0 Å². The highest BCUT2D eigenvalue weighted by atomic mass is 19.4. The smallest absolute Gasteiger partial charge is 0.381 e. The molecule has 1 aromatic carbocycles. The molecule has 2 fully saturated rings. The maximum atomic E-state index is 13.0. The molecule has 1 atom stereocenters. The predicted molar refractivity (Wildman–Crippen MR) is 91.9 cm³/mol. The summed E-state index contributed by atoms with van der Waals surface area (Å²) in [6.45, 7) is 5.98. The number of rotatable bonds is 5. The van der Waals surface area contributed by atoms with E-state index in [9.17, 15) is 18.0 Å². The minimum atomic E-state index is -4.49. The lowest BCUT2D eigenvalue weighted by Gasteiger charge is -2.35. The first kappa shape index (κ1) is 19.1. The van der Waals surface area contributed by atoms with E-state index < -0.39 is 17.6 Å². The van der Waals surface area contributed by atoms with E-state index >= 15 is 0 Å². The van der Waals surface area contributed by atoms with Gasteiger partial charge in [-0.3, -0.25) is 9.69 Å². The number of carbonyl (C=O) groups is 1. The molecule has 0 aromatic heterocycles. The van der Waals surface area contributed by atoms with Crippen molar-refractivity contribution in [3.05, 3.63) is 29.8 Å². The van der Waals surface area contributed by atoms with Crippen molar-refractivity contribution in [2.45, 2.75) is 12.6 Å². The van der Waals surface area contributed by atoms with Crippen LogP contribution in [0.25, 0.3) is 0 Å². The Balaban J connectivity index is 1.46. The molecule has 2 heterocycles. The highest BCUT2D eigenvalue weighted by Crippen LogP contribution is 2.34. The Labute approximate surface area is 151 Å². The van der Waals surface area contributed by atoms with Crippen molar-refractivity contribution in [1.82, 2.24) is 9.80 Å². The molecule has 2 aliphatic heterocycles. The van der Waals surface area contributed by atoms with Gasteiger partial charge < -0.3 is 15.0 Å². The Morgan fingerprint density at radius 3 is 2.50 bits per heavy atom. The molecule has 5 nitrogen and oxygen atoms in total. The summed E-state index contributed by atoms with van der Waals surface area (Å²) in [4.78, 5) is 16.5. The number of amides is 1. The fraction of sp³-hybridized carbons (Fsp3) is 0.611. The number of alkyl halides is 3. The number of anilines is 1. The lowest BCUT2D eigenvalue weighted by Crippen LogP contribution is -2.49. The molecule has 26 heavy (non-hydrogen) atoms. The van der Waals surface area contributed by atoms with Crippen molar-refractivity contribution in [2.75, 3.05) is 57.8 Å². The first-order chi connectivity index (χ1) is 12.4. The van der Waals surface area contributed by atoms with E-state index in [2.05, 4.69) is 10.2 Å². The summed E-state index contributed by atoms with van der Waals surface area (Å²) in [6, 6.07) is 5.05. The molecule has 1 amide bonds. The molecule has 0 bridgehead atoms. The third kappa shape index (κ3) is 5.18. The van der Waals surface area contributed by atoms with Gasteiger partial charge in [-0.25, -0.2) is 0 Å². The van der Waals surface area contributed by atoms with Gasteiger partial charge in [0, 0.05) is 39.3 Å². The zero-order chi connectivity index (χ0) is 18.6. The van der Waals surface area contributed by atoms with Gasteiger partial charge in [0.2, 0.25) is 5.91 Å². The van der Waals surface area contributed by atoms with Gasteiger partial charge in [-0.2, -0.15) is 13.2 Å². The summed E-state index contributed by atoms with van der Waals surface area (Å²) in [6.07, 6.45) is -3.39. The normalized spacial score (nSPS) is 22.5. The molecule has 8 heteroatoms. The van der Waals surface area contributed by atoms with Crippen LogP contribution in [0.4, 0.5) is 18.9 Å². The van der Waals surface area contributed by atoms with Crippen LogP contribution in [0.1, 0.15) is 12.0 Å². The zero-order valence-corrected chi connectivity index (χ0v) is 14.6. The van der Waals surface area contributed by atoms with Gasteiger partial charge in [-0.05, 0) is 24.5 Å². The van der Waals surface area contributed by atoms with E-state index in [0.29, 0.717) is 5.92 Å². The molecular weight excluding hydrogens is 347 g/mol. The van der Waals surface area contributed by atoms with Gasteiger partial charge in [0.15, 0.2) is 0 Å². The molecule has 144 valence electrons. The molecule has 0 radical (unpaired) electrons. The lowest BCUT2D eigenvalue weighted by molar-refractivity contribution is -0.137. The summed E-state index contributed by atoms with van der Waals surface area (Å²) >= 11 is 0. The average Bonchev–Trinajstić information content (AvgIpc) is 3.09. The fourth-order valence-electron chi connectivity index (χ4n) is 3.45. The topological polar surface area (TPSA) is 44.8 Å². The molecule has 2 aliphatic rings. The highest BCUT2D eigenvalue weighted by molar-refractivity contribution is 5.93. The van der Waals surface area contributed by atoms with Crippen molar-refractivity contribution in [1.29, 1.82) is 0 Å². The number of piperazine rings is 1. The summed E-state index contributed by atoms with van der Waals surface area (Å²) in [5.41, 5.74) is -1.01. The van der Waals surface area contributed by atoms with Gasteiger partial charge in [0.25, 0.3) is 0 Å². The van der Waals surface area contributed by atoms with Crippen LogP contribution in [0.2, 0.25) is 0 Å². The second-order valence-corrected chi connectivity index (χ2v) is 6.90. The van der Waals surface area contributed by atoms with E-state index in [4.69, 9.17) is 4.74 Å². The Kier molecular flexibility index (Phi) is 6.16. The molecule has 1 aromatic rings. The van der Waals surface area contributed by atoms with Crippen molar-refractivity contribution in [3.8, 4) is 0 Å². The summed E-state index contributed by atoms with van der Waals surface area (Å²) in [5.74, 6) is 0.170. The number of carbonyl (C=O) groups excluding carboxylic acids is 1. The fourth-order valence-corrected chi connectivity index (χ4v) is 3.45. The first-order valence-corrected chi connectivity index (χ1v) is 8.90. The second kappa shape index (κ2) is 8.37. The monoisotopic (exact) mass is 371 g/mol. The highest BCUT2D eigenvalue weighted by Gasteiger charge is 2.33. The molecular formula is C18H24F3N3O2. The van der Waals surface area contributed by atoms with Crippen LogP contribution < -0.4 is 5.32 Å². The Hall–Kier alpha value is -1.64. The molecule has 0 saturated carbocycles. The van der Waals surface area contributed by atoms with Crippen molar-refractivity contribution < 1.29 is 22.7 Å². The van der Waals surface area contributed by atoms with Gasteiger partial charge in [0.05, 0.1) is 24.4 Å². The molecule has 0 aliphatic carbocycles. The number of nitrogens with one attached hydrogen (secondary N) is 1. The van der Waals surface area contributed by atoms with E-state index in [-0.39, 0.29) is 12.2 Å². The van der Waals surface area contributed by atoms with Gasteiger partial charge in [-0.15, -0.1) is 0 Å². The summed E-state index contributed by atoms with van der Waals surface area (Å²) < 4.78 is 44.4. The van der Waals surface area contributed by atoms with Crippen LogP contribution >= 0.6 is 0 Å². The quantitative estimate of drug-likeness (QED) is 0.863. The maximum Gasteiger partial charge on any atom is 0.418 e. The number of nitrogens with zero attached hydrogens (tertiary/aromatic N) is 2. The van der Waals surface area contributed by atoms with E-state index in [0.717, 1.165) is 58.4 Å². The number of hydrogen-bond donors (Lipinski definition) is 1. The average molecular weight is 371 g/mol. The Morgan fingerprint density at radius 1 is 1.15 bits per heavy atom. The Bertz CT molecular complexity index is 610. The van der Waals surface area contributed by atoms with Crippen LogP contribution in [0, 0.1) is 5.92 Å². The molecule has 2 saturated heterocycles. The summed E-state index contributed by atoms with van der Waals surface area (Å²) in [5, 5.41) is 2.40. The number of benzene rings is 1. The third-order valence-corrected chi connectivity index (χ3v) is 4.88. The van der Waals surface area contributed by atoms with Crippen LogP contribution in [-0.2, 0) is 15.7 Å². The van der Waals surface area contributed by atoms with Crippen molar-refractivity contribution >= 4 is 11.6 Å². The lowest BCUT2D eigenvalue weighted by atomic mass is 10.1. The number of halogens is 3. The van der Waals surface area contributed by atoms with Gasteiger partial charge >= 0.3 is 6.18 Å². The largest absolute Gasteiger partial charge is 0.418 e. The number of para-hydroxylation sites is 1. The molecule has 0 spiro atoms. The maximum absolute atomic E-state index is 13.0. The second-order valence-electron chi connectivity index (χ2n) is 6.90. The predicted octanol–water partition coefficient (Wildman–Crippen LogP) is 2.30. The van der Waals surface area contributed by atoms with Crippen LogP contribution in [0.5, 0.6) is 0 Å². The summed E-state index contributed by atoms with van der Waals surface area (Å²) in [7, 11) is 0. The number of ether oxygens (including phenoxy) is 1. The molecule has 0 unspecified atom stereocenters. The molecule has 3 rings (SSSR count). The zero-order valence-electron chi connectivity index (χ0n) is 14.6. The van der Waals surface area contributed by atoms with Gasteiger partial charge in [-0.1, -0.05) is 12.1 Å².